The Balaban J connectivity index is 2.17. The lowest BCUT2D eigenvalue weighted by Crippen LogP contribution is -1.88. The maximum atomic E-state index is 8.98. The molecule has 0 aliphatic rings. The van der Waals surface area contributed by atoms with Gasteiger partial charge in [0.2, 0.25) is 0 Å². The van der Waals surface area contributed by atoms with E-state index >= 15 is 0 Å². The first-order chi connectivity index (χ1) is 12.4. The van der Waals surface area contributed by atoms with E-state index in [0.717, 1.165) is 43.4 Å². The fourth-order valence-electron chi connectivity index (χ4n) is 3.62. The number of fused-ring (bicyclic) bond motifs is 7. The van der Waals surface area contributed by atoms with Crippen LogP contribution in [0.5, 0.6) is 0 Å². The highest BCUT2D eigenvalue weighted by Gasteiger charge is 2.12. The molecule has 0 saturated carbocycles. The summed E-state index contributed by atoms with van der Waals surface area (Å²) in [6, 6.07) is 24.3. The van der Waals surface area contributed by atoms with Crippen molar-refractivity contribution < 1.29 is 0 Å². The molecule has 0 fully saturated rings. The number of hydrogen-bond donors (Lipinski definition) is 0. The Labute approximate surface area is 143 Å². The highest BCUT2D eigenvalue weighted by molar-refractivity contribution is 6.28. The highest BCUT2D eigenvalue weighted by atomic mass is 15.1. The van der Waals surface area contributed by atoms with Gasteiger partial charge in [0.25, 0.3) is 0 Å². The topological polar surface area (TPSA) is 61.7 Å². The minimum atomic E-state index is 0.632. The first-order valence-electron chi connectivity index (χ1n) is 8.05. The summed E-state index contributed by atoms with van der Waals surface area (Å²) in [5, 5.41) is 10.3. The molecular formula is C21H12N4. The third-order valence-electron chi connectivity index (χ3n) is 4.66. The van der Waals surface area contributed by atoms with Gasteiger partial charge in [0.1, 0.15) is 0 Å². The standard InChI is InChI=1S/C21H12N4/c22-25-24-19-11-5-9-15-14-7-2-3-8-16(14)21-17(20(15)19)12-13-6-1-4-10-18(13)23-21/h1-12H. The number of rotatable bonds is 1. The number of pyridine rings is 1. The molecule has 4 heteroatoms. The van der Waals surface area contributed by atoms with Gasteiger partial charge in [-0.05, 0) is 28.4 Å². The quantitative estimate of drug-likeness (QED) is 0.112. The van der Waals surface area contributed by atoms with E-state index in [4.69, 9.17) is 10.5 Å². The number of aromatic nitrogens is 1. The highest BCUT2D eigenvalue weighted by Crippen LogP contribution is 2.39. The summed E-state index contributed by atoms with van der Waals surface area (Å²) in [6.07, 6.45) is 0. The lowest BCUT2D eigenvalue weighted by atomic mass is 9.95. The van der Waals surface area contributed by atoms with E-state index < -0.39 is 0 Å². The molecule has 0 bridgehead atoms. The van der Waals surface area contributed by atoms with Crippen LogP contribution in [0.3, 0.4) is 0 Å². The third-order valence-corrected chi connectivity index (χ3v) is 4.66. The van der Waals surface area contributed by atoms with E-state index in [2.05, 4.69) is 40.4 Å². The second-order valence-corrected chi connectivity index (χ2v) is 6.01. The van der Waals surface area contributed by atoms with Crippen LogP contribution >= 0.6 is 0 Å². The predicted octanol–water partition coefficient (Wildman–Crippen LogP) is 6.64. The van der Waals surface area contributed by atoms with Gasteiger partial charge >= 0.3 is 0 Å². The van der Waals surface area contributed by atoms with Crippen molar-refractivity contribution in [1.29, 1.82) is 0 Å². The van der Waals surface area contributed by atoms with Crippen LogP contribution in [0.1, 0.15) is 0 Å². The zero-order valence-corrected chi connectivity index (χ0v) is 13.2. The van der Waals surface area contributed by atoms with E-state index in [0.29, 0.717) is 5.69 Å². The molecule has 0 unspecified atom stereocenters. The third kappa shape index (κ3) is 1.95. The summed E-state index contributed by atoms with van der Waals surface area (Å²) in [5.74, 6) is 0. The van der Waals surface area contributed by atoms with Crippen LogP contribution in [0.2, 0.25) is 0 Å². The largest absolute Gasteiger partial charge is 0.247 e. The fourth-order valence-corrected chi connectivity index (χ4v) is 3.62. The van der Waals surface area contributed by atoms with Gasteiger partial charge in [-0.15, -0.1) is 0 Å². The van der Waals surface area contributed by atoms with Crippen LogP contribution in [0.15, 0.2) is 77.9 Å². The Morgan fingerprint density at radius 3 is 2.40 bits per heavy atom. The molecule has 1 aromatic heterocycles. The maximum Gasteiger partial charge on any atom is 0.0794 e. The van der Waals surface area contributed by atoms with Crippen molar-refractivity contribution in [2.45, 2.75) is 0 Å². The number of nitrogens with zero attached hydrogens (tertiary/aromatic N) is 4. The molecule has 4 aromatic carbocycles. The lowest BCUT2D eigenvalue weighted by Gasteiger charge is -2.12. The molecule has 0 aliphatic heterocycles. The zero-order valence-electron chi connectivity index (χ0n) is 13.2. The maximum absolute atomic E-state index is 8.98. The minimum Gasteiger partial charge on any atom is -0.247 e. The number of para-hydroxylation sites is 1. The van der Waals surface area contributed by atoms with Gasteiger partial charge in [-0.1, -0.05) is 65.8 Å². The average Bonchev–Trinajstić information content (AvgIpc) is 2.67. The second kappa shape index (κ2) is 5.20. The van der Waals surface area contributed by atoms with Crippen molar-refractivity contribution in [3.63, 3.8) is 0 Å². The summed E-state index contributed by atoms with van der Waals surface area (Å²) in [4.78, 5) is 7.93. The second-order valence-electron chi connectivity index (χ2n) is 6.01. The molecule has 0 saturated heterocycles. The summed E-state index contributed by atoms with van der Waals surface area (Å²) in [7, 11) is 0. The molecular weight excluding hydrogens is 308 g/mol. The normalized spacial score (nSPS) is 11.2. The monoisotopic (exact) mass is 320 g/mol. The number of hydrogen-bond acceptors (Lipinski definition) is 2. The van der Waals surface area contributed by atoms with Crippen LogP contribution in [-0.2, 0) is 0 Å². The predicted molar refractivity (Wildman–Crippen MR) is 103 cm³/mol. The van der Waals surface area contributed by atoms with Crippen LogP contribution in [0.4, 0.5) is 5.69 Å². The van der Waals surface area contributed by atoms with Gasteiger partial charge in [0.15, 0.2) is 0 Å². The molecule has 25 heavy (non-hydrogen) atoms. The lowest BCUT2D eigenvalue weighted by molar-refractivity contribution is 1.50. The summed E-state index contributed by atoms with van der Waals surface area (Å²) < 4.78 is 0. The van der Waals surface area contributed by atoms with Crippen molar-refractivity contribution in [2.24, 2.45) is 5.11 Å². The van der Waals surface area contributed by atoms with E-state index in [1.807, 2.05) is 42.5 Å². The van der Waals surface area contributed by atoms with Crippen LogP contribution in [0, 0.1) is 0 Å². The van der Waals surface area contributed by atoms with Crippen molar-refractivity contribution in [2.75, 3.05) is 0 Å². The summed E-state index contributed by atoms with van der Waals surface area (Å²) in [6.45, 7) is 0. The van der Waals surface area contributed by atoms with Gasteiger partial charge < -0.3 is 0 Å². The van der Waals surface area contributed by atoms with Crippen LogP contribution < -0.4 is 0 Å². The van der Waals surface area contributed by atoms with Crippen molar-refractivity contribution in [3.8, 4) is 0 Å². The van der Waals surface area contributed by atoms with Gasteiger partial charge in [-0.25, -0.2) is 4.98 Å². The number of benzene rings is 4. The number of azide groups is 1. The minimum absolute atomic E-state index is 0.632. The molecule has 1 heterocycles. The SMILES string of the molecule is [N-]=[N+]=Nc1cccc2c3ccccc3c3nc4ccccc4cc3c12. The molecule has 4 nitrogen and oxygen atoms in total. The van der Waals surface area contributed by atoms with Gasteiger partial charge in [-0.3, -0.25) is 0 Å². The summed E-state index contributed by atoms with van der Waals surface area (Å²) >= 11 is 0. The molecule has 116 valence electrons. The van der Waals surface area contributed by atoms with E-state index in [-0.39, 0.29) is 0 Å². The van der Waals surface area contributed by atoms with E-state index in [9.17, 15) is 0 Å². The van der Waals surface area contributed by atoms with E-state index in [1.165, 1.54) is 0 Å². The van der Waals surface area contributed by atoms with Crippen molar-refractivity contribution in [1.82, 2.24) is 4.98 Å². The van der Waals surface area contributed by atoms with Gasteiger partial charge in [0, 0.05) is 32.1 Å². The Bertz CT molecular complexity index is 1350. The fraction of sp³-hybridized carbons (Fsp3) is 0. The molecule has 0 atom stereocenters. The van der Waals surface area contributed by atoms with Gasteiger partial charge in [-0.2, -0.15) is 0 Å². The van der Waals surface area contributed by atoms with Crippen molar-refractivity contribution in [3.05, 3.63) is 83.2 Å². The molecule has 5 aromatic rings. The molecule has 0 N–H and O–H groups in total. The molecule has 0 radical (unpaired) electrons. The Kier molecular flexibility index (Phi) is 2.87. The van der Waals surface area contributed by atoms with Gasteiger partial charge in [0.05, 0.1) is 11.0 Å². The van der Waals surface area contributed by atoms with Crippen LogP contribution in [0.25, 0.3) is 53.8 Å². The molecule has 5 rings (SSSR count). The van der Waals surface area contributed by atoms with E-state index in [1.54, 1.807) is 0 Å². The average molecular weight is 320 g/mol. The zero-order chi connectivity index (χ0) is 16.8. The molecule has 0 amide bonds. The van der Waals surface area contributed by atoms with Crippen molar-refractivity contribution >= 4 is 49.0 Å². The Hall–Kier alpha value is -3.62. The smallest absolute Gasteiger partial charge is 0.0794 e. The van der Waals surface area contributed by atoms with Crippen LogP contribution in [-0.4, -0.2) is 4.98 Å². The Morgan fingerprint density at radius 1 is 0.760 bits per heavy atom. The summed E-state index contributed by atoms with van der Waals surface area (Å²) in [5.41, 5.74) is 11.5. The molecule has 0 aliphatic carbocycles. The first-order valence-corrected chi connectivity index (χ1v) is 8.05. The molecule has 0 spiro atoms. The Morgan fingerprint density at radius 2 is 1.52 bits per heavy atom. The first kappa shape index (κ1) is 13.8.